The molecule has 0 saturated carbocycles. The number of ether oxygens (including phenoxy) is 2. The smallest absolute Gasteiger partial charge is 0.338 e. The lowest BCUT2D eigenvalue weighted by atomic mass is 10.1. The second-order valence-electron chi connectivity index (χ2n) is 4.17. The molecule has 4 nitrogen and oxygen atoms in total. The molecule has 116 valence electrons. The van der Waals surface area contributed by atoms with Crippen molar-refractivity contribution in [3.05, 3.63) is 71.8 Å². The van der Waals surface area contributed by atoms with Crippen LogP contribution in [0.25, 0.3) is 0 Å². The van der Waals surface area contributed by atoms with Crippen molar-refractivity contribution in [3.8, 4) is 0 Å². The number of carbonyl (C=O) groups excluding carboxylic acids is 2. The summed E-state index contributed by atoms with van der Waals surface area (Å²) < 4.78 is 9.64. The molecule has 2 aromatic carbocycles. The highest BCUT2D eigenvalue weighted by Crippen LogP contribution is 2.07. The SMILES string of the molecule is CCOC(=O)c1ccc(C(=O)OCC)cc1.c1ccccc1. The number of carbonyl (C=O) groups is 2. The van der Waals surface area contributed by atoms with Crippen molar-refractivity contribution in [2.75, 3.05) is 13.2 Å². The summed E-state index contributed by atoms with van der Waals surface area (Å²) in [5.74, 6) is -0.782. The van der Waals surface area contributed by atoms with Crippen LogP contribution in [0.15, 0.2) is 60.7 Å². The molecule has 0 radical (unpaired) electrons. The predicted molar refractivity (Wildman–Crippen MR) is 84.8 cm³/mol. The highest BCUT2D eigenvalue weighted by Gasteiger charge is 2.09. The maximum Gasteiger partial charge on any atom is 0.338 e. The molecule has 0 atom stereocenters. The normalized spacial score (nSPS) is 9.18. The fraction of sp³-hybridized carbons (Fsp3) is 0.222. The Morgan fingerprint density at radius 1 is 0.682 bits per heavy atom. The first-order valence-corrected chi connectivity index (χ1v) is 7.13. The van der Waals surface area contributed by atoms with E-state index in [1.165, 1.54) is 0 Å². The first-order chi connectivity index (χ1) is 10.7. The van der Waals surface area contributed by atoms with Gasteiger partial charge in [-0.25, -0.2) is 9.59 Å². The Labute approximate surface area is 130 Å². The van der Waals surface area contributed by atoms with E-state index in [0.29, 0.717) is 24.3 Å². The molecule has 0 aliphatic rings. The average Bonchev–Trinajstić information content (AvgIpc) is 2.57. The third-order valence-corrected chi connectivity index (χ3v) is 2.57. The molecule has 0 heterocycles. The maximum atomic E-state index is 11.3. The Bertz CT molecular complexity index is 498. The van der Waals surface area contributed by atoms with Gasteiger partial charge in [-0.05, 0) is 38.1 Å². The first kappa shape index (κ1) is 17.4. The third kappa shape index (κ3) is 6.22. The van der Waals surface area contributed by atoms with Gasteiger partial charge in [-0.3, -0.25) is 0 Å². The Morgan fingerprint density at radius 3 is 1.18 bits per heavy atom. The van der Waals surface area contributed by atoms with E-state index in [4.69, 9.17) is 9.47 Å². The van der Waals surface area contributed by atoms with Crippen molar-refractivity contribution in [1.29, 1.82) is 0 Å². The monoisotopic (exact) mass is 300 g/mol. The molecule has 0 saturated heterocycles. The number of benzene rings is 2. The van der Waals surface area contributed by atoms with Crippen LogP contribution in [0.3, 0.4) is 0 Å². The highest BCUT2D eigenvalue weighted by molar-refractivity contribution is 5.93. The van der Waals surface area contributed by atoms with Crippen LogP contribution in [-0.2, 0) is 9.47 Å². The summed E-state index contributed by atoms with van der Waals surface area (Å²) >= 11 is 0. The zero-order valence-corrected chi connectivity index (χ0v) is 12.8. The van der Waals surface area contributed by atoms with Crippen LogP contribution < -0.4 is 0 Å². The standard InChI is InChI=1S/C12H14O4.C6H6/c1-3-15-11(13)9-5-7-10(8-6-9)12(14)16-4-2;1-2-4-6-5-3-1/h5-8H,3-4H2,1-2H3;1-6H. The summed E-state index contributed by atoms with van der Waals surface area (Å²) in [5, 5.41) is 0. The number of esters is 2. The Kier molecular flexibility index (Phi) is 8.05. The van der Waals surface area contributed by atoms with Gasteiger partial charge in [0.15, 0.2) is 0 Å². The molecule has 0 N–H and O–H groups in total. The Balaban J connectivity index is 0.000000335. The maximum absolute atomic E-state index is 11.3. The molecule has 2 aromatic rings. The zero-order valence-electron chi connectivity index (χ0n) is 12.8. The minimum atomic E-state index is -0.391. The van der Waals surface area contributed by atoms with Crippen LogP contribution in [0.2, 0.25) is 0 Å². The average molecular weight is 300 g/mol. The molecular formula is C18H20O4. The second-order valence-corrected chi connectivity index (χ2v) is 4.17. The fourth-order valence-electron chi connectivity index (χ4n) is 1.56. The van der Waals surface area contributed by atoms with Gasteiger partial charge < -0.3 is 9.47 Å². The molecule has 0 aliphatic heterocycles. The summed E-state index contributed by atoms with van der Waals surface area (Å²) in [5.41, 5.74) is 0.852. The van der Waals surface area contributed by atoms with E-state index < -0.39 is 11.9 Å². The molecule has 22 heavy (non-hydrogen) atoms. The van der Waals surface area contributed by atoms with Crippen molar-refractivity contribution in [1.82, 2.24) is 0 Å². The van der Waals surface area contributed by atoms with E-state index in [2.05, 4.69) is 0 Å². The van der Waals surface area contributed by atoms with E-state index in [-0.39, 0.29) is 0 Å². The van der Waals surface area contributed by atoms with Gasteiger partial charge >= 0.3 is 11.9 Å². The van der Waals surface area contributed by atoms with Gasteiger partial charge in [0.05, 0.1) is 24.3 Å². The molecule has 2 rings (SSSR count). The zero-order chi connectivity index (χ0) is 16.2. The number of hydrogen-bond acceptors (Lipinski definition) is 4. The van der Waals surface area contributed by atoms with Gasteiger partial charge in [-0.1, -0.05) is 36.4 Å². The quantitative estimate of drug-likeness (QED) is 0.807. The van der Waals surface area contributed by atoms with Gasteiger partial charge in [-0.15, -0.1) is 0 Å². The van der Waals surface area contributed by atoms with Crippen molar-refractivity contribution in [3.63, 3.8) is 0 Å². The summed E-state index contributed by atoms with van der Waals surface area (Å²) in [6.07, 6.45) is 0. The van der Waals surface area contributed by atoms with Crippen LogP contribution >= 0.6 is 0 Å². The number of hydrogen-bond donors (Lipinski definition) is 0. The van der Waals surface area contributed by atoms with Crippen LogP contribution in [-0.4, -0.2) is 25.2 Å². The number of rotatable bonds is 4. The van der Waals surface area contributed by atoms with E-state index >= 15 is 0 Å². The molecule has 0 spiro atoms. The minimum Gasteiger partial charge on any atom is -0.462 e. The van der Waals surface area contributed by atoms with Crippen LogP contribution in [0.4, 0.5) is 0 Å². The Hall–Kier alpha value is -2.62. The largest absolute Gasteiger partial charge is 0.462 e. The molecular weight excluding hydrogens is 280 g/mol. The van der Waals surface area contributed by atoms with Gasteiger partial charge in [0, 0.05) is 0 Å². The van der Waals surface area contributed by atoms with Crippen molar-refractivity contribution < 1.29 is 19.1 Å². The molecule has 0 aliphatic carbocycles. The topological polar surface area (TPSA) is 52.6 Å². The molecule has 0 fully saturated rings. The highest BCUT2D eigenvalue weighted by atomic mass is 16.5. The van der Waals surface area contributed by atoms with Crippen LogP contribution in [0, 0.1) is 0 Å². The summed E-state index contributed by atoms with van der Waals surface area (Å²) in [7, 11) is 0. The molecule has 0 amide bonds. The summed E-state index contributed by atoms with van der Waals surface area (Å²) in [4.78, 5) is 22.6. The van der Waals surface area contributed by atoms with E-state index in [9.17, 15) is 9.59 Å². The third-order valence-electron chi connectivity index (χ3n) is 2.57. The van der Waals surface area contributed by atoms with Crippen molar-refractivity contribution in [2.24, 2.45) is 0 Å². The van der Waals surface area contributed by atoms with Gasteiger partial charge in [-0.2, -0.15) is 0 Å². The summed E-state index contributed by atoms with van der Waals surface area (Å²) in [6.45, 7) is 4.15. The van der Waals surface area contributed by atoms with Crippen LogP contribution in [0.1, 0.15) is 34.6 Å². The Morgan fingerprint density at radius 2 is 0.955 bits per heavy atom. The lowest BCUT2D eigenvalue weighted by Gasteiger charge is -2.03. The van der Waals surface area contributed by atoms with Crippen molar-refractivity contribution in [2.45, 2.75) is 13.8 Å². The van der Waals surface area contributed by atoms with Crippen molar-refractivity contribution >= 4 is 11.9 Å². The molecule has 0 aromatic heterocycles. The van der Waals surface area contributed by atoms with Gasteiger partial charge in [0.2, 0.25) is 0 Å². The molecule has 0 unspecified atom stereocenters. The molecule has 4 heteroatoms. The van der Waals surface area contributed by atoms with Gasteiger partial charge in [0.1, 0.15) is 0 Å². The van der Waals surface area contributed by atoms with Crippen LogP contribution in [0.5, 0.6) is 0 Å². The fourth-order valence-corrected chi connectivity index (χ4v) is 1.56. The lowest BCUT2D eigenvalue weighted by Crippen LogP contribution is -2.07. The predicted octanol–water partition coefficient (Wildman–Crippen LogP) is 3.73. The van der Waals surface area contributed by atoms with E-state index in [0.717, 1.165) is 0 Å². The first-order valence-electron chi connectivity index (χ1n) is 7.13. The van der Waals surface area contributed by atoms with E-state index in [1.807, 2.05) is 36.4 Å². The van der Waals surface area contributed by atoms with E-state index in [1.54, 1.807) is 38.1 Å². The second kappa shape index (κ2) is 10.2. The summed E-state index contributed by atoms with van der Waals surface area (Å²) in [6, 6.07) is 18.2. The minimum absolute atomic E-state index is 0.332. The van der Waals surface area contributed by atoms with Gasteiger partial charge in [0.25, 0.3) is 0 Å². The lowest BCUT2D eigenvalue weighted by molar-refractivity contribution is 0.0511. The molecule has 0 bridgehead atoms.